The Hall–Kier alpha value is -3.31. The molecule has 0 saturated heterocycles. The minimum atomic E-state index is 0.936. The summed E-state index contributed by atoms with van der Waals surface area (Å²) in [5, 5.41) is 8.28. The molecule has 5 aromatic rings. The quantitative estimate of drug-likeness (QED) is 0.360. The molecule has 1 aromatic carbocycles. The van der Waals surface area contributed by atoms with Crippen LogP contribution in [0, 0.1) is 6.92 Å². The highest BCUT2D eigenvalue weighted by Gasteiger charge is 2.26. The first-order valence-corrected chi connectivity index (χ1v) is 11.1. The van der Waals surface area contributed by atoms with E-state index < -0.39 is 0 Å². The highest BCUT2D eigenvalue weighted by Crippen LogP contribution is 2.41. The zero-order chi connectivity index (χ0) is 20.1. The Morgan fingerprint density at radius 2 is 1.90 bits per heavy atom. The van der Waals surface area contributed by atoms with Gasteiger partial charge in [0.25, 0.3) is 0 Å². The van der Waals surface area contributed by atoms with Crippen molar-refractivity contribution in [2.75, 3.05) is 0 Å². The van der Waals surface area contributed by atoms with Crippen molar-refractivity contribution in [2.45, 2.75) is 26.3 Å². The largest absolute Gasteiger partial charge is 0.268 e. The van der Waals surface area contributed by atoms with Crippen LogP contribution in [0.4, 0.5) is 0 Å². The van der Waals surface area contributed by atoms with E-state index in [4.69, 9.17) is 15.1 Å². The summed E-state index contributed by atoms with van der Waals surface area (Å²) in [6, 6.07) is 19.0. The van der Waals surface area contributed by atoms with Crippen molar-refractivity contribution in [3.05, 3.63) is 77.6 Å². The van der Waals surface area contributed by atoms with Gasteiger partial charge in [0.2, 0.25) is 0 Å². The summed E-state index contributed by atoms with van der Waals surface area (Å²) < 4.78 is 2.17. The summed E-state index contributed by atoms with van der Waals surface area (Å²) in [5.74, 6) is 0. The molecule has 0 N–H and O–H groups in total. The number of rotatable bonds is 3. The lowest BCUT2D eigenvalue weighted by Gasteiger charge is -2.11. The normalized spacial score (nSPS) is 13.1. The van der Waals surface area contributed by atoms with Crippen molar-refractivity contribution in [3.8, 4) is 33.0 Å². The fraction of sp³-hybridized carbons (Fsp3) is 0.160. The van der Waals surface area contributed by atoms with Gasteiger partial charge >= 0.3 is 0 Å². The van der Waals surface area contributed by atoms with E-state index in [0.29, 0.717) is 0 Å². The Balaban J connectivity index is 1.65. The summed E-state index contributed by atoms with van der Waals surface area (Å²) in [6.07, 6.45) is 4.12. The van der Waals surface area contributed by atoms with Crippen LogP contribution in [0.2, 0.25) is 0 Å². The van der Waals surface area contributed by atoms with Gasteiger partial charge in [-0.25, -0.2) is 0 Å². The van der Waals surface area contributed by atoms with Crippen molar-refractivity contribution in [1.82, 2.24) is 19.7 Å². The molecule has 30 heavy (non-hydrogen) atoms. The van der Waals surface area contributed by atoms with Crippen LogP contribution in [-0.4, -0.2) is 19.7 Å². The maximum Gasteiger partial charge on any atom is 0.119 e. The maximum atomic E-state index is 4.99. The van der Waals surface area contributed by atoms with E-state index in [1.807, 2.05) is 19.2 Å². The van der Waals surface area contributed by atoms with E-state index in [-0.39, 0.29) is 0 Å². The number of hydrogen-bond acceptors (Lipinski definition) is 4. The molecule has 0 unspecified atom stereocenters. The molecule has 0 saturated carbocycles. The number of aromatic nitrogens is 4. The first-order chi connectivity index (χ1) is 14.8. The molecular weight excluding hydrogens is 388 g/mol. The van der Waals surface area contributed by atoms with Crippen molar-refractivity contribution < 1.29 is 0 Å². The van der Waals surface area contributed by atoms with Gasteiger partial charge in [-0.3, -0.25) is 14.6 Å². The van der Waals surface area contributed by atoms with Crippen LogP contribution >= 0.6 is 11.3 Å². The molecule has 0 spiro atoms. The zero-order valence-corrected chi connectivity index (χ0v) is 17.5. The van der Waals surface area contributed by atoms with E-state index in [1.54, 1.807) is 11.3 Å². The molecule has 0 fully saturated rings. The number of para-hydroxylation sites is 1. The molecule has 1 aliphatic heterocycles. The number of fused-ring (bicyclic) bond motifs is 2. The Labute approximate surface area is 178 Å². The Bertz CT molecular complexity index is 1380. The summed E-state index contributed by atoms with van der Waals surface area (Å²) >= 11 is 1.75. The Morgan fingerprint density at radius 3 is 2.77 bits per heavy atom. The molecule has 0 radical (unpaired) electrons. The third-order valence-corrected chi connectivity index (χ3v) is 6.70. The second kappa shape index (κ2) is 6.89. The van der Waals surface area contributed by atoms with Crippen molar-refractivity contribution >= 4 is 22.2 Å². The van der Waals surface area contributed by atoms with Crippen LogP contribution in [0.25, 0.3) is 43.9 Å². The molecule has 4 aromatic heterocycles. The fourth-order valence-corrected chi connectivity index (χ4v) is 5.25. The summed E-state index contributed by atoms with van der Waals surface area (Å²) in [5.41, 5.74) is 8.85. The van der Waals surface area contributed by atoms with E-state index in [2.05, 4.69) is 58.6 Å². The first kappa shape index (κ1) is 17.5. The van der Waals surface area contributed by atoms with E-state index in [9.17, 15) is 0 Å². The van der Waals surface area contributed by atoms with Crippen LogP contribution in [0.1, 0.15) is 17.8 Å². The smallest absolute Gasteiger partial charge is 0.119 e. The van der Waals surface area contributed by atoms with Gasteiger partial charge in [-0.1, -0.05) is 30.3 Å². The number of thiophene rings is 1. The average molecular weight is 409 g/mol. The predicted octanol–water partition coefficient (Wildman–Crippen LogP) is 6.14. The standard InChI is InChI=1S/C25H20N4S/c1-16-6-2-9-20(27-16)25-23(21-10-4-14-29(21)28-25)17-12-13-26-24-18(17)7-3-8-19(24)22-11-5-15-30-22/h2-3,5-9,11-13,15H,4,10,14H2,1H3. The molecule has 5 heterocycles. The second-order valence-electron chi connectivity index (χ2n) is 7.70. The minimum Gasteiger partial charge on any atom is -0.268 e. The molecule has 0 bridgehead atoms. The van der Waals surface area contributed by atoms with Crippen LogP contribution in [-0.2, 0) is 13.0 Å². The zero-order valence-electron chi connectivity index (χ0n) is 16.7. The lowest BCUT2D eigenvalue weighted by atomic mass is 9.95. The monoisotopic (exact) mass is 408 g/mol. The van der Waals surface area contributed by atoms with Gasteiger partial charge < -0.3 is 0 Å². The molecule has 0 atom stereocenters. The molecule has 4 nitrogen and oxygen atoms in total. The van der Waals surface area contributed by atoms with Crippen LogP contribution in [0.15, 0.2) is 66.2 Å². The van der Waals surface area contributed by atoms with Gasteiger partial charge in [0.15, 0.2) is 0 Å². The molecule has 5 heteroatoms. The summed E-state index contributed by atoms with van der Waals surface area (Å²) in [4.78, 5) is 10.8. The van der Waals surface area contributed by atoms with Crippen LogP contribution in [0.5, 0.6) is 0 Å². The lowest BCUT2D eigenvalue weighted by Crippen LogP contribution is -1.95. The third kappa shape index (κ3) is 2.70. The second-order valence-corrected chi connectivity index (χ2v) is 8.65. The number of benzene rings is 1. The number of aryl methyl sites for hydroxylation is 2. The van der Waals surface area contributed by atoms with Gasteiger partial charge in [0.1, 0.15) is 5.69 Å². The molecule has 146 valence electrons. The van der Waals surface area contributed by atoms with Gasteiger partial charge in [-0.05, 0) is 55.0 Å². The summed E-state index contributed by atoms with van der Waals surface area (Å²) in [6.45, 7) is 3.00. The number of pyridine rings is 2. The maximum absolute atomic E-state index is 4.99. The highest BCUT2D eigenvalue weighted by molar-refractivity contribution is 7.13. The van der Waals surface area contributed by atoms with Gasteiger partial charge in [-0.2, -0.15) is 5.10 Å². The first-order valence-electron chi connectivity index (χ1n) is 10.3. The lowest BCUT2D eigenvalue weighted by molar-refractivity contribution is 0.658. The fourth-order valence-electron chi connectivity index (χ4n) is 4.49. The van der Waals surface area contributed by atoms with Crippen molar-refractivity contribution in [2.24, 2.45) is 0 Å². The van der Waals surface area contributed by atoms with E-state index in [1.165, 1.54) is 32.6 Å². The molecule has 0 aliphatic carbocycles. The highest BCUT2D eigenvalue weighted by atomic mass is 32.1. The Kier molecular flexibility index (Phi) is 4.03. The van der Waals surface area contributed by atoms with Gasteiger partial charge in [0.05, 0.1) is 11.2 Å². The topological polar surface area (TPSA) is 43.6 Å². The molecule has 1 aliphatic rings. The SMILES string of the molecule is Cc1cccc(-c2nn3c(c2-c2ccnc4c(-c5cccs5)cccc24)CCC3)n1. The van der Waals surface area contributed by atoms with E-state index in [0.717, 1.165) is 42.0 Å². The van der Waals surface area contributed by atoms with Gasteiger partial charge in [0, 0.05) is 45.5 Å². The molecular formula is C25H20N4S. The molecule has 6 rings (SSSR count). The average Bonchev–Trinajstić information content (AvgIpc) is 3.50. The van der Waals surface area contributed by atoms with Crippen LogP contribution in [0.3, 0.4) is 0 Å². The Morgan fingerprint density at radius 1 is 0.967 bits per heavy atom. The van der Waals surface area contributed by atoms with Crippen molar-refractivity contribution in [1.29, 1.82) is 0 Å². The van der Waals surface area contributed by atoms with E-state index >= 15 is 0 Å². The third-order valence-electron chi connectivity index (χ3n) is 5.80. The van der Waals surface area contributed by atoms with Gasteiger partial charge in [-0.15, -0.1) is 11.3 Å². The van der Waals surface area contributed by atoms with Crippen LogP contribution < -0.4 is 0 Å². The summed E-state index contributed by atoms with van der Waals surface area (Å²) in [7, 11) is 0. The minimum absolute atomic E-state index is 0.936. The number of hydrogen-bond donors (Lipinski definition) is 0. The van der Waals surface area contributed by atoms with Crippen molar-refractivity contribution in [3.63, 3.8) is 0 Å². The predicted molar refractivity (Wildman–Crippen MR) is 123 cm³/mol. The number of nitrogens with zero attached hydrogens (tertiary/aromatic N) is 4. The molecule has 0 amide bonds.